The highest BCUT2D eigenvalue weighted by Gasteiger charge is 2.35. The Labute approximate surface area is 329 Å². The number of anilines is 3. The van der Waals surface area contributed by atoms with E-state index in [4.69, 9.17) is 9.40 Å². The number of thiophene rings is 1. The molecule has 0 aliphatic heterocycles. The number of nitrogens with zero attached hydrogens (tertiary/aromatic N) is 2. The summed E-state index contributed by atoms with van der Waals surface area (Å²) in [6, 6.07) is 65.4. The second-order valence-electron chi connectivity index (χ2n) is 15.1. The molecule has 4 heteroatoms. The Kier molecular flexibility index (Phi) is 7.38. The second kappa shape index (κ2) is 12.7. The highest BCUT2D eigenvalue weighted by atomic mass is 32.1. The summed E-state index contributed by atoms with van der Waals surface area (Å²) in [4.78, 5) is 7.47. The smallest absolute Gasteiger partial charge is 0.227 e. The largest absolute Gasteiger partial charge is 0.435 e. The molecule has 0 atom stereocenters. The first-order chi connectivity index (χ1) is 27.5. The monoisotopic (exact) mass is 736 g/mol. The molecule has 0 radical (unpaired) electrons. The van der Waals surface area contributed by atoms with Gasteiger partial charge in [0.15, 0.2) is 5.58 Å². The van der Waals surface area contributed by atoms with Gasteiger partial charge in [0.2, 0.25) is 5.89 Å². The minimum absolute atomic E-state index is 0.0705. The molecule has 0 fully saturated rings. The van der Waals surface area contributed by atoms with Gasteiger partial charge in [0.1, 0.15) is 5.52 Å². The fraction of sp³-hybridized carbons (Fsp3) is 0.0577. The predicted molar refractivity (Wildman–Crippen MR) is 235 cm³/mol. The van der Waals surface area contributed by atoms with Crippen LogP contribution in [0.4, 0.5) is 17.1 Å². The van der Waals surface area contributed by atoms with Gasteiger partial charge in [-0.05, 0) is 88.0 Å². The van der Waals surface area contributed by atoms with E-state index in [-0.39, 0.29) is 5.41 Å². The van der Waals surface area contributed by atoms with E-state index in [2.05, 4.69) is 183 Å². The van der Waals surface area contributed by atoms with Crippen LogP contribution in [0.3, 0.4) is 0 Å². The Bertz CT molecular complexity index is 3100. The lowest BCUT2D eigenvalue weighted by molar-refractivity contribution is 0.621. The standard InChI is InChI=1S/C52H36N2OS/c1-52(2)43-22-12-9-20-39(43)41-31-37(29-30-44(41)52)54(46-23-13-10-19-38(46)33-15-5-3-6-16-33)36-27-25-34(26-28-36)48-49-45(53-51(55-49)35-17-7-4-8-18-35)32-42-40-21-11-14-24-47(40)56-50(42)48/h3-32H,1-2H3. The maximum absolute atomic E-state index is 6.70. The van der Waals surface area contributed by atoms with Crippen molar-refractivity contribution < 1.29 is 4.42 Å². The Balaban J connectivity index is 1.11. The molecule has 10 aromatic rings. The number of para-hydroxylation sites is 1. The number of oxazole rings is 1. The van der Waals surface area contributed by atoms with Gasteiger partial charge in [0, 0.05) is 53.7 Å². The predicted octanol–water partition coefficient (Wildman–Crippen LogP) is 15.0. The molecule has 1 aliphatic rings. The molecule has 1 aliphatic carbocycles. The maximum Gasteiger partial charge on any atom is 0.227 e. The zero-order valence-electron chi connectivity index (χ0n) is 31.0. The highest BCUT2D eigenvalue weighted by Crippen LogP contribution is 2.52. The van der Waals surface area contributed by atoms with E-state index >= 15 is 0 Å². The minimum Gasteiger partial charge on any atom is -0.435 e. The van der Waals surface area contributed by atoms with Crippen LogP contribution >= 0.6 is 11.3 Å². The number of aromatic nitrogens is 1. The summed E-state index contributed by atoms with van der Waals surface area (Å²) in [5, 5.41) is 2.44. The lowest BCUT2D eigenvalue weighted by Gasteiger charge is -2.29. The number of hydrogen-bond acceptors (Lipinski definition) is 4. The van der Waals surface area contributed by atoms with Gasteiger partial charge in [-0.3, -0.25) is 0 Å². The first kappa shape index (κ1) is 32.7. The van der Waals surface area contributed by atoms with Crippen LogP contribution in [0.15, 0.2) is 186 Å². The molecular formula is C52H36N2OS. The van der Waals surface area contributed by atoms with E-state index in [1.807, 2.05) is 29.5 Å². The molecule has 3 nitrogen and oxygen atoms in total. The SMILES string of the molecule is CC1(C)c2ccccc2-c2cc(N(c3ccc(-c4c5oc(-c6ccccc6)nc5cc5c4sc4ccccc45)cc3)c3ccccc3-c3ccccc3)ccc21. The summed E-state index contributed by atoms with van der Waals surface area (Å²) < 4.78 is 9.15. The fourth-order valence-electron chi connectivity index (χ4n) is 8.79. The van der Waals surface area contributed by atoms with Gasteiger partial charge in [-0.25, -0.2) is 4.98 Å². The van der Waals surface area contributed by atoms with Crippen LogP contribution in [0, 0.1) is 0 Å². The van der Waals surface area contributed by atoms with Crippen molar-refractivity contribution in [1.29, 1.82) is 0 Å². The van der Waals surface area contributed by atoms with Crippen molar-refractivity contribution >= 4 is 59.7 Å². The third kappa shape index (κ3) is 5.07. The number of benzene rings is 8. The van der Waals surface area contributed by atoms with Crippen LogP contribution in [0.1, 0.15) is 25.0 Å². The van der Waals surface area contributed by atoms with Crippen LogP contribution < -0.4 is 4.90 Å². The van der Waals surface area contributed by atoms with E-state index in [1.54, 1.807) is 0 Å². The Morgan fingerprint density at radius 2 is 1.16 bits per heavy atom. The van der Waals surface area contributed by atoms with Crippen LogP contribution in [0.5, 0.6) is 0 Å². The zero-order valence-corrected chi connectivity index (χ0v) is 31.8. The molecule has 0 saturated heterocycles. The summed E-state index contributed by atoms with van der Waals surface area (Å²) in [5.74, 6) is 0.630. The first-order valence-corrected chi connectivity index (χ1v) is 19.9. The number of fused-ring (bicyclic) bond motifs is 7. The first-order valence-electron chi connectivity index (χ1n) is 19.1. The van der Waals surface area contributed by atoms with Crippen molar-refractivity contribution in [1.82, 2.24) is 4.98 Å². The molecule has 0 bridgehead atoms. The highest BCUT2D eigenvalue weighted by molar-refractivity contribution is 7.26. The van der Waals surface area contributed by atoms with E-state index in [0.717, 1.165) is 44.9 Å². The van der Waals surface area contributed by atoms with E-state index in [0.29, 0.717) is 5.89 Å². The van der Waals surface area contributed by atoms with Crippen LogP contribution in [-0.2, 0) is 5.41 Å². The van der Waals surface area contributed by atoms with Gasteiger partial charge < -0.3 is 9.32 Å². The summed E-state index contributed by atoms with van der Waals surface area (Å²) in [6.45, 7) is 4.67. The van der Waals surface area contributed by atoms with Crippen molar-refractivity contribution in [3.63, 3.8) is 0 Å². The third-order valence-electron chi connectivity index (χ3n) is 11.5. The van der Waals surface area contributed by atoms with Crippen molar-refractivity contribution in [2.24, 2.45) is 0 Å². The summed E-state index contributed by atoms with van der Waals surface area (Å²) in [7, 11) is 0. The average molecular weight is 737 g/mol. The van der Waals surface area contributed by atoms with E-state index in [1.165, 1.54) is 53.6 Å². The molecule has 266 valence electrons. The molecule has 2 aromatic heterocycles. The van der Waals surface area contributed by atoms with Gasteiger partial charge in [0.05, 0.1) is 5.69 Å². The third-order valence-corrected chi connectivity index (χ3v) is 12.7. The fourth-order valence-corrected chi connectivity index (χ4v) is 10.0. The molecule has 0 N–H and O–H groups in total. The molecule has 0 amide bonds. The lowest BCUT2D eigenvalue weighted by Crippen LogP contribution is -2.15. The average Bonchev–Trinajstić information content (AvgIpc) is 3.91. The second-order valence-corrected chi connectivity index (χ2v) is 16.2. The minimum atomic E-state index is -0.0705. The molecule has 0 spiro atoms. The van der Waals surface area contributed by atoms with Crippen LogP contribution in [-0.4, -0.2) is 4.98 Å². The van der Waals surface area contributed by atoms with Gasteiger partial charge in [-0.1, -0.05) is 141 Å². The Morgan fingerprint density at radius 3 is 1.96 bits per heavy atom. The van der Waals surface area contributed by atoms with Crippen LogP contribution in [0.2, 0.25) is 0 Å². The Morgan fingerprint density at radius 1 is 0.518 bits per heavy atom. The van der Waals surface area contributed by atoms with Gasteiger partial charge >= 0.3 is 0 Å². The van der Waals surface area contributed by atoms with E-state index < -0.39 is 0 Å². The lowest BCUT2D eigenvalue weighted by atomic mass is 9.82. The van der Waals surface area contributed by atoms with Crippen molar-refractivity contribution in [2.45, 2.75) is 19.3 Å². The van der Waals surface area contributed by atoms with Gasteiger partial charge in [-0.15, -0.1) is 11.3 Å². The van der Waals surface area contributed by atoms with Crippen molar-refractivity contribution in [2.75, 3.05) is 4.90 Å². The molecular weight excluding hydrogens is 701 g/mol. The Hall–Kier alpha value is -6.75. The molecule has 0 saturated carbocycles. The number of hydrogen-bond donors (Lipinski definition) is 0. The summed E-state index contributed by atoms with van der Waals surface area (Å²) >= 11 is 1.81. The quantitative estimate of drug-likeness (QED) is 0.170. The summed E-state index contributed by atoms with van der Waals surface area (Å²) in [6.07, 6.45) is 0. The van der Waals surface area contributed by atoms with Gasteiger partial charge in [0.25, 0.3) is 0 Å². The summed E-state index contributed by atoms with van der Waals surface area (Å²) in [5.41, 5.74) is 15.7. The molecule has 56 heavy (non-hydrogen) atoms. The molecule has 8 aromatic carbocycles. The maximum atomic E-state index is 6.70. The zero-order chi connectivity index (χ0) is 37.4. The van der Waals surface area contributed by atoms with E-state index in [9.17, 15) is 0 Å². The molecule has 0 unspecified atom stereocenters. The van der Waals surface area contributed by atoms with Gasteiger partial charge in [-0.2, -0.15) is 0 Å². The topological polar surface area (TPSA) is 29.3 Å². The molecule has 11 rings (SSSR count). The van der Waals surface area contributed by atoms with Crippen molar-refractivity contribution in [3.05, 3.63) is 193 Å². The number of rotatable bonds is 6. The molecule has 2 heterocycles. The van der Waals surface area contributed by atoms with Crippen LogP contribution in [0.25, 0.3) is 76.1 Å². The normalized spacial score (nSPS) is 13.0. The van der Waals surface area contributed by atoms with Crippen molar-refractivity contribution in [3.8, 4) is 44.8 Å².